The summed E-state index contributed by atoms with van der Waals surface area (Å²) in [5.41, 5.74) is 2.93. The number of nitrogens with zero attached hydrogens (tertiary/aromatic N) is 2. The molecule has 0 aliphatic heterocycles. The molecule has 9 heteroatoms. The van der Waals surface area contributed by atoms with Gasteiger partial charge in [-0.25, -0.2) is 4.79 Å². The third kappa shape index (κ3) is 4.02. The van der Waals surface area contributed by atoms with Gasteiger partial charge in [-0.05, 0) is 54.3 Å². The normalized spacial score (nSPS) is 11.5. The van der Waals surface area contributed by atoms with Gasteiger partial charge < -0.3 is 20.4 Å². The van der Waals surface area contributed by atoms with E-state index in [1.807, 2.05) is 31.2 Å². The van der Waals surface area contributed by atoms with Crippen molar-refractivity contribution in [2.75, 3.05) is 5.32 Å². The molecular formula is C25H18ClN5O3. The van der Waals surface area contributed by atoms with E-state index in [0.29, 0.717) is 38.2 Å². The van der Waals surface area contributed by atoms with E-state index in [2.05, 4.69) is 25.5 Å². The summed E-state index contributed by atoms with van der Waals surface area (Å²) in [6.45, 7) is 1.88. The van der Waals surface area contributed by atoms with Gasteiger partial charge in [-0.15, -0.1) is 5.11 Å². The van der Waals surface area contributed by atoms with Crippen molar-refractivity contribution >= 4 is 56.4 Å². The Morgan fingerprint density at radius 3 is 2.62 bits per heavy atom. The molecule has 0 radical (unpaired) electrons. The Kier molecular flexibility index (Phi) is 5.35. The highest BCUT2D eigenvalue weighted by molar-refractivity contribution is 6.30. The second kappa shape index (κ2) is 8.49. The molecule has 1 heterocycles. The van der Waals surface area contributed by atoms with Gasteiger partial charge in [-0.2, -0.15) is 5.11 Å². The number of anilines is 1. The summed E-state index contributed by atoms with van der Waals surface area (Å²) < 4.78 is 0. The molecule has 5 rings (SSSR count). The van der Waals surface area contributed by atoms with Crippen molar-refractivity contribution in [3.8, 4) is 5.75 Å². The summed E-state index contributed by atoms with van der Waals surface area (Å²) in [5.74, 6) is -0.827. The van der Waals surface area contributed by atoms with Crippen LogP contribution < -0.4 is 11.0 Å². The average Bonchev–Trinajstić information content (AvgIpc) is 3.19. The smallest absolute Gasteiger partial charge is 0.323 e. The number of carbonyl (C=O) groups is 1. The predicted octanol–water partition coefficient (Wildman–Crippen LogP) is 6.34. The molecule has 1 aromatic heterocycles. The van der Waals surface area contributed by atoms with Crippen LogP contribution in [0.25, 0.3) is 21.8 Å². The molecule has 0 aliphatic rings. The van der Waals surface area contributed by atoms with E-state index >= 15 is 0 Å². The van der Waals surface area contributed by atoms with E-state index in [9.17, 15) is 14.7 Å². The van der Waals surface area contributed by atoms with Gasteiger partial charge in [0.2, 0.25) is 0 Å². The van der Waals surface area contributed by atoms with E-state index in [1.165, 1.54) is 0 Å². The number of amides is 1. The number of aromatic amines is 2. The summed E-state index contributed by atoms with van der Waals surface area (Å²) in [5, 5.41) is 24.2. The molecule has 0 saturated heterocycles. The van der Waals surface area contributed by atoms with Crippen molar-refractivity contribution in [3.05, 3.63) is 93.4 Å². The summed E-state index contributed by atoms with van der Waals surface area (Å²) in [7, 11) is 0. The second-order valence-electron chi connectivity index (χ2n) is 7.77. The summed E-state index contributed by atoms with van der Waals surface area (Å²) >= 11 is 6.08. The molecule has 1 amide bonds. The number of phenolic OH excluding ortho intramolecular Hbond substituents is 1. The number of hydrogen-bond donors (Lipinski definition) is 4. The number of aryl methyl sites for hydroxylation is 1. The minimum atomic E-state index is -0.532. The monoisotopic (exact) mass is 471 g/mol. The fourth-order valence-electron chi connectivity index (χ4n) is 3.69. The largest absolute Gasteiger partial charge is 0.505 e. The standard InChI is InChI=1S/C25H18ClN5O3/c1-13-6-7-15(26)11-20(13)30-31-22-17-5-3-2-4-14(17)10-18(23(22)32)24(33)27-16-8-9-19-21(12-16)29-25(34)28-19/h2-12,32H,1H3,(H,27,33)(H2,28,29,34). The topological polar surface area (TPSA) is 123 Å². The van der Waals surface area contributed by atoms with Gasteiger partial charge in [0.15, 0.2) is 5.75 Å². The molecule has 168 valence electrons. The zero-order valence-electron chi connectivity index (χ0n) is 17.9. The number of H-pyrrole nitrogens is 2. The van der Waals surface area contributed by atoms with Crippen LogP contribution in [-0.4, -0.2) is 21.0 Å². The molecule has 0 saturated carbocycles. The number of halogens is 1. The van der Waals surface area contributed by atoms with E-state index in [-0.39, 0.29) is 22.7 Å². The van der Waals surface area contributed by atoms with E-state index < -0.39 is 5.91 Å². The fraction of sp³-hybridized carbons (Fsp3) is 0.0400. The quantitative estimate of drug-likeness (QED) is 0.228. The molecule has 0 atom stereocenters. The van der Waals surface area contributed by atoms with Crippen molar-refractivity contribution in [1.82, 2.24) is 9.97 Å². The maximum absolute atomic E-state index is 13.1. The number of hydrogen-bond acceptors (Lipinski definition) is 5. The first-order valence-electron chi connectivity index (χ1n) is 10.3. The predicted molar refractivity (Wildman–Crippen MR) is 133 cm³/mol. The summed E-state index contributed by atoms with van der Waals surface area (Å²) in [6, 6.07) is 19.1. The number of aromatic nitrogens is 2. The Hall–Kier alpha value is -4.43. The van der Waals surface area contributed by atoms with E-state index in [1.54, 1.807) is 42.5 Å². The molecule has 0 aliphatic carbocycles. The molecule has 0 fully saturated rings. The highest BCUT2D eigenvalue weighted by atomic mass is 35.5. The van der Waals surface area contributed by atoms with Gasteiger partial charge in [-0.3, -0.25) is 4.79 Å². The van der Waals surface area contributed by atoms with Crippen LogP contribution in [0.15, 0.2) is 81.8 Å². The van der Waals surface area contributed by atoms with Crippen molar-refractivity contribution in [3.63, 3.8) is 0 Å². The molecule has 4 N–H and O–H groups in total. The van der Waals surface area contributed by atoms with Gasteiger partial charge in [0.05, 0.1) is 22.3 Å². The number of imidazole rings is 1. The van der Waals surface area contributed by atoms with Crippen molar-refractivity contribution in [2.45, 2.75) is 6.92 Å². The maximum Gasteiger partial charge on any atom is 0.323 e. The number of phenols is 1. The first-order valence-corrected chi connectivity index (χ1v) is 10.7. The van der Waals surface area contributed by atoms with Gasteiger partial charge in [0.1, 0.15) is 5.69 Å². The van der Waals surface area contributed by atoms with Crippen molar-refractivity contribution in [2.24, 2.45) is 10.2 Å². The number of carbonyl (C=O) groups excluding carboxylic acids is 1. The molecule has 5 aromatic rings. The summed E-state index contributed by atoms with van der Waals surface area (Å²) in [6.07, 6.45) is 0. The molecular weight excluding hydrogens is 454 g/mol. The van der Waals surface area contributed by atoms with Gasteiger partial charge >= 0.3 is 5.69 Å². The van der Waals surface area contributed by atoms with Crippen LogP contribution in [0.1, 0.15) is 15.9 Å². The number of rotatable bonds is 4. The molecule has 34 heavy (non-hydrogen) atoms. The number of aromatic hydroxyl groups is 1. The number of nitrogens with one attached hydrogen (secondary N) is 3. The van der Waals surface area contributed by atoms with Crippen LogP contribution in [0.2, 0.25) is 5.02 Å². The third-order valence-electron chi connectivity index (χ3n) is 5.44. The average molecular weight is 472 g/mol. The second-order valence-corrected chi connectivity index (χ2v) is 8.20. The Balaban J connectivity index is 1.56. The molecule has 0 unspecified atom stereocenters. The zero-order chi connectivity index (χ0) is 23.8. The van der Waals surface area contributed by atoms with Gasteiger partial charge in [-0.1, -0.05) is 41.9 Å². The Labute approximate surface area is 197 Å². The zero-order valence-corrected chi connectivity index (χ0v) is 18.6. The van der Waals surface area contributed by atoms with Crippen LogP contribution in [-0.2, 0) is 0 Å². The lowest BCUT2D eigenvalue weighted by Crippen LogP contribution is -2.12. The van der Waals surface area contributed by atoms with Crippen molar-refractivity contribution < 1.29 is 9.90 Å². The third-order valence-corrected chi connectivity index (χ3v) is 5.68. The summed E-state index contributed by atoms with van der Waals surface area (Å²) in [4.78, 5) is 29.9. The Bertz CT molecular complexity index is 1670. The molecule has 8 nitrogen and oxygen atoms in total. The minimum absolute atomic E-state index is 0.0399. The van der Waals surface area contributed by atoms with Crippen LogP contribution in [0.4, 0.5) is 17.1 Å². The van der Waals surface area contributed by atoms with E-state index in [4.69, 9.17) is 11.6 Å². The van der Waals surface area contributed by atoms with Crippen LogP contribution in [0.5, 0.6) is 5.75 Å². The highest BCUT2D eigenvalue weighted by Gasteiger charge is 2.19. The lowest BCUT2D eigenvalue weighted by molar-refractivity contribution is 0.102. The highest BCUT2D eigenvalue weighted by Crippen LogP contribution is 2.40. The molecule has 0 spiro atoms. The van der Waals surface area contributed by atoms with E-state index in [0.717, 1.165) is 5.56 Å². The van der Waals surface area contributed by atoms with Crippen LogP contribution in [0, 0.1) is 6.92 Å². The number of benzene rings is 4. The fourth-order valence-corrected chi connectivity index (χ4v) is 3.86. The first-order chi connectivity index (χ1) is 16.4. The minimum Gasteiger partial charge on any atom is -0.505 e. The number of fused-ring (bicyclic) bond motifs is 2. The van der Waals surface area contributed by atoms with Gasteiger partial charge in [0, 0.05) is 16.1 Å². The first kappa shape index (κ1) is 21.4. The maximum atomic E-state index is 13.1. The van der Waals surface area contributed by atoms with Crippen molar-refractivity contribution in [1.29, 1.82) is 0 Å². The SMILES string of the molecule is Cc1ccc(Cl)cc1N=Nc1c(O)c(C(=O)Nc2ccc3[nH]c(=O)[nH]c3c2)cc2ccccc12. The Morgan fingerprint density at radius 1 is 0.971 bits per heavy atom. The number of azo groups is 1. The van der Waals surface area contributed by atoms with Crippen LogP contribution >= 0.6 is 11.6 Å². The lowest BCUT2D eigenvalue weighted by atomic mass is 10.0. The van der Waals surface area contributed by atoms with Crippen LogP contribution in [0.3, 0.4) is 0 Å². The lowest BCUT2D eigenvalue weighted by Gasteiger charge is -2.11. The molecule has 0 bridgehead atoms. The van der Waals surface area contributed by atoms with Gasteiger partial charge in [0.25, 0.3) is 5.91 Å². The Morgan fingerprint density at radius 2 is 1.76 bits per heavy atom. The molecule has 4 aromatic carbocycles.